The number of hydrogen-bond acceptors (Lipinski definition) is 2. The van der Waals surface area contributed by atoms with Crippen molar-refractivity contribution >= 4 is 11.4 Å². The summed E-state index contributed by atoms with van der Waals surface area (Å²) in [7, 11) is 0. The second-order valence-electron chi connectivity index (χ2n) is 3.18. The first kappa shape index (κ1) is 8.75. The highest BCUT2D eigenvalue weighted by atomic mass is 14.9. The van der Waals surface area contributed by atoms with Crippen molar-refractivity contribution < 1.29 is 0 Å². The van der Waals surface area contributed by atoms with Crippen LogP contribution < -0.4 is 5.32 Å². The Morgan fingerprint density at radius 3 is 2.36 bits per heavy atom. The molecule has 0 radical (unpaired) electrons. The van der Waals surface area contributed by atoms with E-state index in [9.17, 15) is 0 Å². The molecule has 0 aliphatic carbocycles. The lowest BCUT2D eigenvalue weighted by Crippen LogP contribution is -1.90. The number of aryl methyl sites for hydroxylation is 1. The molecule has 0 saturated carbocycles. The van der Waals surface area contributed by atoms with E-state index in [1.54, 1.807) is 0 Å². The van der Waals surface area contributed by atoms with E-state index in [4.69, 9.17) is 0 Å². The molecule has 0 spiro atoms. The molecule has 1 aromatic heterocycles. The average molecular weight is 184 g/mol. The monoisotopic (exact) mass is 184 g/mol. The van der Waals surface area contributed by atoms with E-state index in [1.165, 1.54) is 0 Å². The molecule has 2 aromatic rings. The first-order valence-electron chi connectivity index (χ1n) is 4.59. The Labute approximate surface area is 83.6 Å². The zero-order valence-electron chi connectivity index (χ0n) is 8.07. The van der Waals surface area contributed by atoms with Gasteiger partial charge in [0.1, 0.15) is 0 Å². The van der Waals surface area contributed by atoms with E-state index in [1.807, 2.05) is 55.6 Å². The standard InChI is InChI=1S/C12H12N2/c1-10-7-8-12(9-13-10)14-11-5-3-2-4-6-11/h2-9,14H,1H3. The summed E-state index contributed by atoms with van der Waals surface area (Å²) in [6.07, 6.45) is 1.84. The Balaban J connectivity index is 2.16. The molecular formula is C12H12N2. The highest BCUT2D eigenvalue weighted by molar-refractivity contribution is 5.58. The van der Waals surface area contributed by atoms with Gasteiger partial charge in [-0.2, -0.15) is 0 Å². The number of hydrogen-bond donors (Lipinski definition) is 1. The summed E-state index contributed by atoms with van der Waals surface area (Å²) < 4.78 is 0. The Kier molecular flexibility index (Phi) is 2.45. The molecule has 14 heavy (non-hydrogen) atoms. The lowest BCUT2D eigenvalue weighted by molar-refractivity contribution is 1.20. The predicted octanol–water partition coefficient (Wildman–Crippen LogP) is 3.13. The lowest BCUT2D eigenvalue weighted by Gasteiger charge is -2.05. The minimum Gasteiger partial charge on any atom is -0.354 e. The van der Waals surface area contributed by atoms with Crippen LogP contribution >= 0.6 is 0 Å². The van der Waals surface area contributed by atoms with Crippen molar-refractivity contribution in [3.63, 3.8) is 0 Å². The van der Waals surface area contributed by atoms with Crippen molar-refractivity contribution in [2.45, 2.75) is 6.92 Å². The molecule has 0 bridgehead atoms. The van der Waals surface area contributed by atoms with Crippen molar-refractivity contribution in [1.82, 2.24) is 4.98 Å². The molecule has 2 rings (SSSR count). The van der Waals surface area contributed by atoms with Crippen LogP contribution in [-0.2, 0) is 0 Å². The van der Waals surface area contributed by atoms with Gasteiger partial charge >= 0.3 is 0 Å². The topological polar surface area (TPSA) is 24.9 Å². The fourth-order valence-corrected chi connectivity index (χ4v) is 1.23. The van der Waals surface area contributed by atoms with Crippen molar-refractivity contribution in [3.05, 3.63) is 54.4 Å². The molecule has 0 atom stereocenters. The van der Waals surface area contributed by atoms with Gasteiger partial charge < -0.3 is 5.32 Å². The number of rotatable bonds is 2. The smallest absolute Gasteiger partial charge is 0.0570 e. The maximum atomic E-state index is 4.21. The van der Waals surface area contributed by atoms with Gasteiger partial charge in [-0.25, -0.2) is 0 Å². The molecule has 0 saturated heterocycles. The zero-order chi connectivity index (χ0) is 9.80. The third-order valence-electron chi connectivity index (χ3n) is 1.97. The molecule has 1 heterocycles. The fraction of sp³-hybridized carbons (Fsp3) is 0.0833. The molecule has 0 aliphatic rings. The molecule has 0 aliphatic heterocycles. The number of nitrogens with one attached hydrogen (secondary N) is 1. The van der Waals surface area contributed by atoms with E-state index in [0.717, 1.165) is 17.1 Å². The van der Waals surface area contributed by atoms with Crippen LogP contribution in [0.5, 0.6) is 0 Å². The Hall–Kier alpha value is -1.83. The first-order chi connectivity index (χ1) is 6.84. The van der Waals surface area contributed by atoms with Crippen molar-refractivity contribution in [2.24, 2.45) is 0 Å². The zero-order valence-corrected chi connectivity index (χ0v) is 8.07. The summed E-state index contributed by atoms with van der Waals surface area (Å²) >= 11 is 0. The van der Waals surface area contributed by atoms with E-state index in [0.29, 0.717) is 0 Å². The number of aromatic nitrogens is 1. The summed E-state index contributed by atoms with van der Waals surface area (Å²) in [6.45, 7) is 1.98. The van der Waals surface area contributed by atoms with Crippen LogP contribution in [0.3, 0.4) is 0 Å². The number of para-hydroxylation sites is 1. The summed E-state index contributed by atoms with van der Waals surface area (Å²) in [5.74, 6) is 0. The van der Waals surface area contributed by atoms with Crippen LogP contribution in [-0.4, -0.2) is 4.98 Å². The second-order valence-corrected chi connectivity index (χ2v) is 3.18. The van der Waals surface area contributed by atoms with Crippen LogP contribution in [0.1, 0.15) is 5.69 Å². The number of benzene rings is 1. The Morgan fingerprint density at radius 1 is 0.929 bits per heavy atom. The lowest BCUT2D eigenvalue weighted by atomic mass is 10.3. The maximum absolute atomic E-state index is 4.21. The largest absolute Gasteiger partial charge is 0.354 e. The van der Waals surface area contributed by atoms with E-state index in [-0.39, 0.29) is 0 Å². The third-order valence-corrected chi connectivity index (χ3v) is 1.97. The van der Waals surface area contributed by atoms with E-state index >= 15 is 0 Å². The van der Waals surface area contributed by atoms with Crippen LogP contribution in [0, 0.1) is 6.92 Å². The van der Waals surface area contributed by atoms with E-state index in [2.05, 4.69) is 10.3 Å². The predicted molar refractivity (Wildman–Crippen MR) is 58.7 cm³/mol. The fourth-order valence-electron chi connectivity index (χ4n) is 1.23. The molecule has 0 fully saturated rings. The van der Waals surface area contributed by atoms with Crippen LogP contribution in [0.2, 0.25) is 0 Å². The van der Waals surface area contributed by atoms with Gasteiger partial charge in [-0.15, -0.1) is 0 Å². The molecule has 0 unspecified atom stereocenters. The molecule has 1 aromatic carbocycles. The van der Waals surface area contributed by atoms with Crippen molar-refractivity contribution in [1.29, 1.82) is 0 Å². The number of nitrogens with zero attached hydrogens (tertiary/aromatic N) is 1. The van der Waals surface area contributed by atoms with Gasteiger partial charge in [0.25, 0.3) is 0 Å². The number of pyridine rings is 1. The summed E-state index contributed by atoms with van der Waals surface area (Å²) in [6, 6.07) is 14.1. The van der Waals surface area contributed by atoms with Crippen LogP contribution in [0.15, 0.2) is 48.7 Å². The van der Waals surface area contributed by atoms with Gasteiger partial charge in [-0.1, -0.05) is 18.2 Å². The van der Waals surface area contributed by atoms with Crippen molar-refractivity contribution in [2.75, 3.05) is 5.32 Å². The van der Waals surface area contributed by atoms with Gasteiger partial charge in [0.2, 0.25) is 0 Å². The quantitative estimate of drug-likeness (QED) is 0.775. The van der Waals surface area contributed by atoms with Gasteiger partial charge in [-0.05, 0) is 31.2 Å². The minimum absolute atomic E-state index is 1.02. The Morgan fingerprint density at radius 2 is 1.71 bits per heavy atom. The summed E-state index contributed by atoms with van der Waals surface area (Å²) in [5, 5.41) is 3.27. The van der Waals surface area contributed by atoms with Crippen molar-refractivity contribution in [3.8, 4) is 0 Å². The minimum atomic E-state index is 1.02. The maximum Gasteiger partial charge on any atom is 0.0570 e. The van der Waals surface area contributed by atoms with Gasteiger partial charge in [-0.3, -0.25) is 4.98 Å². The second kappa shape index (κ2) is 3.92. The molecule has 0 amide bonds. The van der Waals surface area contributed by atoms with Gasteiger partial charge in [0.15, 0.2) is 0 Å². The van der Waals surface area contributed by atoms with Crippen LogP contribution in [0.25, 0.3) is 0 Å². The highest BCUT2D eigenvalue weighted by Gasteiger charge is 1.92. The molecule has 2 nitrogen and oxygen atoms in total. The molecule has 2 heteroatoms. The Bertz CT molecular complexity index is 392. The van der Waals surface area contributed by atoms with Gasteiger partial charge in [0.05, 0.1) is 11.9 Å². The molecule has 1 N–H and O–H groups in total. The summed E-state index contributed by atoms with van der Waals surface area (Å²) in [4.78, 5) is 4.21. The normalized spacial score (nSPS) is 9.79. The SMILES string of the molecule is Cc1ccc(Nc2ccccc2)cn1. The van der Waals surface area contributed by atoms with Crippen LogP contribution in [0.4, 0.5) is 11.4 Å². The summed E-state index contributed by atoms with van der Waals surface area (Å²) in [5.41, 5.74) is 3.13. The van der Waals surface area contributed by atoms with Gasteiger partial charge in [0, 0.05) is 11.4 Å². The number of anilines is 2. The molecule has 70 valence electrons. The first-order valence-corrected chi connectivity index (χ1v) is 4.59. The average Bonchev–Trinajstić information content (AvgIpc) is 2.23. The third kappa shape index (κ3) is 2.10. The van der Waals surface area contributed by atoms with E-state index < -0.39 is 0 Å². The molecular weight excluding hydrogens is 172 g/mol. The highest BCUT2D eigenvalue weighted by Crippen LogP contribution is 2.14.